The average Bonchev–Trinajstić information content (AvgIpc) is 2.64. The zero-order valence-corrected chi connectivity index (χ0v) is 7.88. The van der Waals surface area contributed by atoms with Crippen LogP contribution in [0.2, 0.25) is 0 Å². The van der Waals surface area contributed by atoms with Crippen LogP contribution in [0.1, 0.15) is 11.4 Å². The van der Waals surface area contributed by atoms with Crippen LogP contribution in [0.4, 0.5) is 0 Å². The normalized spacial score (nSPS) is 10.4. The van der Waals surface area contributed by atoms with Crippen LogP contribution in [0.25, 0.3) is 5.82 Å². The summed E-state index contributed by atoms with van der Waals surface area (Å²) in [5.74, 6) is 1.63. The fourth-order valence-electron chi connectivity index (χ4n) is 1.31. The van der Waals surface area contributed by atoms with E-state index >= 15 is 0 Å². The Morgan fingerprint density at radius 2 is 2.29 bits per heavy atom. The fourth-order valence-corrected chi connectivity index (χ4v) is 1.31. The van der Waals surface area contributed by atoms with E-state index in [-0.39, 0.29) is 0 Å². The van der Waals surface area contributed by atoms with Gasteiger partial charge < -0.3 is 5.73 Å². The molecule has 0 aliphatic carbocycles. The van der Waals surface area contributed by atoms with Crippen molar-refractivity contribution in [3.63, 3.8) is 0 Å². The minimum absolute atomic E-state index is 0.447. The molecular formula is C9H11N5. The third kappa shape index (κ3) is 1.38. The first-order valence-electron chi connectivity index (χ1n) is 4.34. The minimum Gasteiger partial charge on any atom is -0.326 e. The molecule has 2 heterocycles. The fraction of sp³-hybridized carbons (Fsp3) is 0.222. The van der Waals surface area contributed by atoms with Gasteiger partial charge in [0.15, 0.2) is 5.82 Å². The maximum absolute atomic E-state index is 5.61. The molecule has 0 amide bonds. The maximum Gasteiger partial charge on any atom is 0.165 e. The molecule has 5 heteroatoms. The second-order valence-electron chi connectivity index (χ2n) is 2.93. The van der Waals surface area contributed by atoms with Gasteiger partial charge in [-0.05, 0) is 13.0 Å². The lowest BCUT2D eigenvalue weighted by Gasteiger charge is -2.06. The Morgan fingerprint density at radius 3 is 2.93 bits per heavy atom. The van der Waals surface area contributed by atoms with Gasteiger partial charge in [0.05, 0.1) is 6.20 Å². The molecule has 0 aliphatic rings. The van der Waals surface area contributed by atoms with E-state index in [4.69, 9.17) is 5.73 Å². The van der Waals surface area contributed by atoms with E-state index in [0.29, 0.717) is 6.54 Å². The highest BCUT2D eigenvalue weighted by Crippen LogP contribution is 2.10. The van der Waals surface area contributed by atoms with Crippen LogP contribution in [0, 0.1) is 6.92 Å². The zero-order valence-electron chi connectivity index (χ0n) is 7.88. The first-order valence-corrected chi connectivity index (χ1v) is 4.34. The molecule has 0 aromatic carbocycles. The van der Waals surface area contributed by atoms with Crippen molar-refractivity contribution in [3.05, 3.63) is 36.0 Å². The van der Waals surface area contributed by atoms with Gasteiger partial charge in [-0.1, -0.05) is 0 Å². The van der Waals surface area contributed by atoms with Crippen molar-refractivity contribution in [2.45, 2.75) is 13.5 Å². The van der Waals surface area contributed by atoms with Gasteiger partial charge in [0, 0.05) is 24.5 Å². The monoisotopic (exact) mass is 189 g/mol. The summed E-state index contributed by atoms with van der Waals surface area (Å²) in [6.45, 7) is 2.36. The minimum atomic E-state index is 0.447. The SMILES string of the molecule is Cc1nccn1-c1nnccc1CN. The Labute approximate surface area is 81.6 Å². The number of imidazole rings is 1. The van der Waals surface area contributed by atoms with Gasteiger partial charge in [0.1, 0.15) is 5.82 Å². The largest absolute Gasteiger partial charge is 0.326 e. The second-order valence-corrected chi connectivity index (χ2v) is 2.93. The highest BCUT2D eigenvalue weighted by Gasteiger charge is 2.06. The Balaban J connectivity index is 2.56. The van der Waals surface area contributed by atoms with Crippen molar-refractivity contribution >= 4 is 0 Å². The summed E-state index contributed by atoms with van der Waals surface area (Å²) in [6.07, 6.45) is 5.21. The molecule has 0 saturated heterocycles. The molecular weight excluding hydrogens is 178 g/mol. The third-order valence-corrected chi connectivity index (χ3v) is 2.06. The van der Waals surface area contributed by atoms with Crippen molar-refractivity contribution in [3.8, 4) is 5.82 Å². The smallest absolute Gasteiger partial charge is 0.165 e. The van der Waals surface area contributed by atoms with E-state index in [0.717, 1.165) is 17.2 Å². The summed E-state index contributed by atoms with van der Waals surface area (Å²) in [6, 6.07) is 1.86. The van der Waals surface area contributed by atoms with Crippen LogP contribution < -0.4 is 5.73 Å². The molecule has 2 N–H and O–H groups in total. The zero-order chi connectivity index (χ0) is 9.97. The summed E-state index contributed by atoms with van der Waals surface area (Å²) in [4.78, 5) is 4.12. The van der Waals surface area contributed by atoms with Crippen LogP contribution in [0.5, 0.6) is 0 Å². The molecule has 0 unspecified atom stereocenters. The van der Waals surface area contributed by atoms with Gasteiger partial charge in [-0.25, -0.2) is 4.98 Å². The van der Waals surface area contributed by atoms with E-state index in [9.17, 15) is 0 Å². The van der Waals surface area contributed by atoms with Gasteiger partial charge in [-0.2, -0.15) is 5.10 Å². The van der Waals surface area contributed by atoms with E-state index in [1.807, 2.05) is 23.8 Å². The molecule has 0 fully saturated rings. The van der Waals surface area contributed by atoms with Crippen molar-refractivity contribution in [2.24, 2.45) is 5.73 Å². The van der Waals surface area contributed by atoms with Gasteiger partial charge in [-0.15, -0.1) is 5.10 Å². The molecule has 0 aliphatic heterocycles. The number of hydrogen-bond donors (Lipinski definition) is 1. The Kier molecular flexibility index (Phi) is 2.24. The number of aryl methyl sites for hydroxylation is 1. The highest BCUT2D eigenvalue weighted by molar-refractivity contribution is 5.32. The van der Waals surface area contributed by atoms with E-state index in [2.05, 4.69) is 15.2 Å². The molecule has 0 bridgehead atoms. The number of hydrogen-bond acceptors (Lipinski definition) is 4. The van der Waals surface area contributed by atoms with Crippen molar-refractivity contribution in [2.75, 3.05) is 0 Å². The van der Waals surface area contributed by atoms with E-state index in [1.54, 1.807) is 12.4 Å². The predicted molar refractivity (Wildman–Crippen MR) is 51.8 cm³/mol. The van der Waals surface area contributed by atoms with Crippen molar-refractivity contribution in [1.29, 1.82) is 0 Å². The summed E-state index contributed by atoms with van der Waals surface area (Å²) in [5, 5.41) is 7.88. The van der Waals surface area contributed by atoms with Gasteiger partial charge in [0.2, 0.25) is 0 Å². The summed E-state index contributed by atoms with van der Waals surface area (Å²) in [5.41, 5.74) is 6.56. The van der Waals surface area contributed by atoms with E-state index < -0.39 is 0 Å². The highest BCUT2D eigenvalue weighted by atomic mass is 15.2. The van der Waals surface area contributed by atoms with Crippen LogP contribution in [0.3, 0.4) is 0 Å². The number of nitrogens with two attached hydrogens (primary N) is 1. The van der Waals surface area contributed by atoms with Crippen molar-refractivity contribution < 1.29 is 0 Å². The van der Waals surface area contributed by atoms with Gasteiger partial charge in [0.25, 0.3) is 0 Å². The number of rotatable bonds is 2. The first-order chi connectivity index (χ1) is 6.83. The topological polar surface area (TPSA) is 69.6 Å². The molecule has 0 radical (unpaired) electrons. The molecule has 0 saturated carbocycles. The molecule has 0 spiro atoms. The molecule has 14 heavy (non-hydrogen) atoms. The molecule has 5 nitrogen and oxygen atoms in total. The second kappa shape index (κ2) is 3.55. The van der Waals surface area contributed by atoms with Crippen LogP contribution in [-0.4, -0.2) is 19.7 Å². The Morgan fingerprint density at radius 1 is 1.43 bits per heavy atom. The molecule has 2 rings (SSSR count). The lowest BCUT2D eigenvalue weighted by Crippen LogP contribution is -2.08. The molecule has 2 aromatic heterocycles. The van der Waals surface area contributed by atoms with Crippen LogP contribution in [0.15, 0.2) is 24.7 Å². The van der Waals surface area contributed by atoms with Crippen LogP contribution in [-0.2, 0) is 6.54 Å². The predicted octanol–water partition coefficient (Wildman–Crippen LogP) is 0.429. The summed E-state index contributed by atoms with van der Waals surface area (Å²) >= 11 is 0. The lowest BCUT2D eigenvalue weighted by atomic mass is 10.3. The van der Waals surface area contributed by atoms with E-state index in [1.165, 1.54) is 0 Å². The van der Waals surface area contributed by atoms with Crippen molar-refractivity contribution in [1.82, 2.24) is 19.7 Å². The van der Waals surface area contributed by atoms with Crippen LogP contribution >= 0.6 is 0 Å². The van der Waals surface area contributed by atoms with Gasteiger partial charge >= 0.3 is 0 Å². The van der Waals surface area contributed by atoms with Gasteiger partial charge in [-0.3, -0.25) is 4.57 Å². The first kappa shape index (κ1) is 8.83. The molecule has 72 valence electrons. The summed E-state index contributed by atoms with van der Waals surface area (Å²) < 4.78 is 1.87. The Hall–Kier alpha value is -1.75. The standard InChI is InChI=1S/C9H11N5/c1-7-11-4-5-14(7)9-8(6-10)2-3-12-13-9/h2-5H,6,10H2,1H3. The quantitative estimate of drug-likeness (QED) is 0.743. The molecule has 0 atom stereocenters. The Bertz CT molecular complexity index is 434. The number of aromatic nitrogens is 4. The average molecular weight is 189 g/mol. The lowest BCUT2D eigenvalue weighted by molar-refractivity contribution is 0.846. The summed E-state index contributed by atoms with van der Waals surface area (Å²) in [7, 11) is 0. The number of nitrogens with zero attached hydrogens (tertiary/aromatic N) is 4. The third-order valence-electron chi connectivity index (χ3n) is 2.06. The molecule has 2 aromatic rings. The maximum atomic E-state index is 5.61.